The van der Waals surface area contributed by atoms with Crippen LogP contribution in [0.3, 0.4) is 0 Å². The summed E-state index contributed by atoms with van der Waals surface area (Å²) in [6, 6.07) is 20.2. The van der Waals surface area contributed by atoms with E-state index in [4.69, 9.17) is 4.74 Å². The Morgan fingerprint density at radius 1 is 0.792 bits per heavy atom. The summed E-state index contributed by atoms with van der Waals surface area (Å²) in [5.74, 6) is 0.722. The number of hydrogen-bond donors (Lipinski definition) is 0. The largest absolute Gasteiger partial charge is 0.456 e. The number of aryl methyl sites for hydroxylation is 1. The lowest BCUT2D eigenvalue weighted by molar-refractivity contribution is -0.137. The number of benzene rings is 3. The molecule has 3 rings (SSSR count). The van der Waals surface area contributed by atoms with E-state index in [1.54, 1.807) is 0 Å². The van der Waals surface area contributed by atoms with Crippen LogP contribution in [0.5, 0.6) is 11.5 Å². The molecule has 0 fully saturated rings. The molecule has 0 amide bonds. The number of halogens is 3. The zero-order valence-corrected chi connectivity index (χ0v) is 13.0. The van der Waals surface area contributed by atoms with Crippen LogP contribution < -0.4 is 4.74 Å². The van der Waals surface area contributed by atoms with Crippen molar-refractivity contribution in [1.82, 2.24) is 0 Å². The van der Waals surface area contributed by atoms with Gasteiger partial charge in [-0.15, -0.1) is 0 Å². The molecule has 0 aromatic heterocycles. The van der Waals surface area contributed by atoms with E-state index in [0.717, 1.165) is 28.8 Å². The SMILES string of the molecule is Cc1cccc(-c2ccccc2)c1Oc1cccc(C(F)(F)F)c1. The topological polar surface area (TPSA) is 9.23 Å². The minimum atomic E-state index is -4.40. The summed E-state index contributed by atoms with van der Waals surface area (Å²) in [6.07, 6.45) is -4.40. The molecule has 0 bridgehead atoms. The monoisotopic (exact) mass is 328 g/mol. The average molecular weight is 328 g/mol. The lowest BCUT2D eigenvalue weighted by Crippen LogP contribution is -2.04. The molecule has 0 heterocycles. The highest BCUT2D eigenvalue weighted by atomic mass is 19.4. The summed E-state index contributed by atoms with van der Waals surface area (Å²) in [7, 11) is 0. The van der Waals surface area contributed by atoms with E-state index in [2.05, 4.69) is 0 Å². The van der Waals surface area contributed by atoms with E-state index >= 15 is 0 Å². The van der Waals surface area contributed by atoms with Gasteiger partial charge < -0.3 is 4.74 Å². The molecule has 3 aromatic carbocycles. The molecule has 0 radical (unpaired) electrons. The maximum Gasteiger partial charge on any atom is 0.416 e. The van der Waals surface area contributed by atoms with Gasteiger partial charge in [-0.2, -0.15) is 13.2 Å². The lowest BCUT2D eigenvalue weighted by Gasteiger charge is -2.15. The first-order valence-corrected chi connectivity index (χ1v) is 7.45. The highest BCUT2D eigenvalue weighted by molar-refractivity contribution is 5.72. The Labute approximate surface area is 138 Å². The predicted molar refractivity (Wildman–Crippen MR) is 88.1 cm³/mol. The van der Waals surface area contributed by atoms with E-state index in [9.17, 15) is 13.2 Å². The zero-order chi connectivity index (χ0) is 17.2. The van der Waals surface area contributed by atoms with E-state index in [1.165, 1.54) is 12.1 Å². The van der Waals surface area contributed by atoms with Crippen LogP contribution in [0.2, 0.25) is 0 Å². The summed E-state index contributed by atoms with van der Waals surface area (Å²) < 4.78 is 44.5. The second-order valence-corrected chi connectivity index (χ2v) is 5.45. The van der Waals surface area contributed by atoms with Gasteiger partial charge >= 0.3 is 6.18 Å². The first kappa shape index (κ1) is 16.1. The molecule has 0 aliphatic heterocycles. The fraction of sp³-hybridized carbons (Fsp3) is 0.100. The Hall–Kier alpha value is -2.75. The van der Waals surface area contributed by atoms with Gasteiger partial charge in [-0.05, 0) is 36.2 Å². The number of ether oxygens (including phenoxy) is 1. The quantitative estimate of drug-likeness (QED) is 0.535. The minimum absolute atomic E-state index is 0.163. The first-order valence-electron chi connectivity index (χ1n) is 7.45. The summed E-state index contributed by atoms with van der Waals surface area (Å²) in [4.78, 5) is 0. The molecule has 0 atom stereocenters. The minimum Gasteiger partial charge on any atom is -0.456 e. The normalized spacial score (nSPS) is 11.3. The van der Waals surface area contributed by atoms with Crippen LogP contribution in [0.4, 0.5) is 13.2 Å². The molecule has 0 unspecified atom stereocenters. The van der Waals surface area contributed by atoms with Crippen molar-refractivity contribution in [2.24, 2.45) is 0 Å². The van der Waals surface area contributed by atoms with Crippen LogP contribution in [-0.2, 0) is 6.18 Å². The van der Waals surface area contributed by atoms with Gasteiger partial charge in [0, 0.05) is 5.56 Å². The number of alkyl halides is 3. The summed E-state index contributed by atoms with van der Waals surface area (Å²) in [5, 5.41) is 0. The van der Waals surface area contributed by atoms with Gasteiger partial charge in [-0.25, -0.2) is 0 Å². The van der Waals surface area contributed by atoms with E-state index in [1.807, 2.05) is 55.5 Å². The highest BCUT2D eigenvalue weighted by Crippen LogP contribution is 2.38. The number of hydrogen-bond acceptors (Lipinski definition) is 1. The molecule has 0 aliphatic rings. The Balaban J connectivity index is 2.02. The fourth-order valence-electron chi connectivity index (χ4n) is 2.49. The Kier molecular flexibility index (Phi) is 4.30. The van der Waals surface area contributed by atoms with Gasteiger partial charge in [0.25, 0.3) is 0 Å². The average Bonchev–Trinajstić information content (AvgIpc) is 2.57. The van der Waals surface area contributed by atoms with Crippen molar-refractivity contribution in [3.05, 3.63) is 83.9 Å². The van der Waals surface area contributed by atoms with E-state index in [0.29, 0.717) is 5.75 Å². The molecule has 122 valence electrons. The summed E-state index contributed by atoms with van der Waals surface area (Å²) >= 11 is 0. The third kappa shape index (κ3) is 3.43. The molecule has 24 heavy (non-hydrogen) atoms. The van der Waals surface area contributed by atoms with E-state index < -0.39 is 11.7 Å². The van der Waals surface area contributed by atoms with Crippen molar-refractivity contribution in [2.75, 3.05) is 0 Å². The molecular formula is C20H15F3O. The molecule has 0 N–H and O–H groups in total. The third-order valence-corrected chi connectivity index (χ3v) is 3.68. The molecule has 4 heteroatoms. The van der Waals surface area contributed by atoms with Gasteiger partial charge in [0.1, 0.15) is 11.5 Å². The van der Waals surface area contributed by atoms with Crippen molar-refractivity contribution >= 4 is 0 Å². The highest BCUT2D eigenvalue weighted by Gasteiger charge is 2.30. The van der Waals surface area contributed by atoms with Gasteiger partial charge in [0.2, 0.25) is 0 Å². The number of rotatable bonds is 3. The fourth-order valence-corrected chi connectivity index (χ4v) is 2.49. The molecule has 3 aromatic rings. The second kappa shape index (κ2) is 6.40. The maximum absolute atomic E-state index is 12.9. The molecule has 0 spiro atoms. The van der Waals surface area contributed by atoms with Crippen molar-refractivity contribution in [1.29, 1.82) is 0 Å². The van der Waals surface area contributed by atoms with Crippen molar-refractivity contribution in [3.8, 4) is 22.6 Å². The van der Waals surface area contributed by atoms with Crippen LogP contribution in [0, 0.1) is 6.92 Å². The molecular weight excluding hydrogens is 313 g/mol. The van der Waals surface area contributed by atoms with Gasteiger partial charge in [0.05, 0.1) is 5.56 Å². The summed E-state index contributed by atoms with van der Waals surface area (Å²) in [6.45, 7) is 1.87. The molecule has 0 saturated carbocycles. The van der Waals surface area contributed by atoms with Crippen molar-refractivity contribution < 1.29 is 17.9 Å². The number of para-hydroxylation sites is 1. The van der Waals surface area contributed by atoms with E-state index in [-0.39, 0.29) is 5.75 Å². The van der Waals surface area contributed by atoms with Crippen molar-refractivity contribution in [3.63, 3.8) is 0 Å². The molecule has 0 saturated heterocycles. The van der Waals surface area contributed by atoms with Crippen LogP contribution in [-0.4, -0.2) is 0 Å². The maximum atomic E-state index is 12.9. The molecule has 1 nitrogen and oxygen atoms in total. The van der Waals surface area contributed by atoms with Crippen LogP contribution >= 0.6 is 0 Å². The van der Waals surface area contributed by atoms with Crippen LogP contribution in [0.1, 0.15) is 11.1 Å². The lowest BCUT2D eigenvalue weighted by atomic mass is 10.0. The predicted octanol–water partition coefficient (Wildman–Crippen LogP) is 6.47. The van der Waals surface area contributed by atoms with Gasteiger partial charge in [0.15, 0.2) is 0 Å². The third-order valence-electron chi connectivity index (χ3n) is 3.68. The summed E-state index contributed by atoms with van der Waals surface area (Å²) in [5.41, 5.74) is 1.92. The second-order valence-electron chi connectivity index (χ2n) is 5.45. The van der Waals surface area contributed by atoms with Crippen LogP contribution in [0.25, 0.3) is 11.1 Å². The standard InChI is InChI=1S/C20H15F3O/c1-14-7-5-12-18(15-8-3-2-4-9-15)19(14)24-17-11-6-10-16(13-17)20(21,22)23/h2-13H,1H3. The Morgan fingerprint density at radius 3 is 2.21 bits per heavy atom. The van der Waals surface area contributed by atoms with Crippen LogP contribution in [0.15, 0.2) is 72.8 Å². The van der Waals surface area contributed by atoms with Gasteiger partial charge in [-0.3, -0.25) is 0 Å². The zero-order valence-electron chi connectivity index (χ0n) is 13.0. The first-order chi connectivity index (χ1) is 11.4. The van der Waals surface area contributed by atoms with Crippen molar-refractivity contribution in [2.45, 2.75) is 13.1 Å². The Morgan fingerprint density at radius 2 is 1.50 bits per heavy atom. The molecule has 0 aliphatic carbocycles. The Bertz CT molecular complexity index is 839. The smallest absolute Gasteiger partial charge is 0.416 e. The van der Waals surface area contributed by atoms with Gasteiger partial charge in [-0.1, -0.05) is 54.6 Å².